The average Bonchev–Trinajstić information content (AvgIpc) is 2.88. The Morgan fingerprint density at radius 2 is 1.89 bits per heavy atom. The Hall–Kier alpha value is -2.85. The third kappa shape index (κ3) is 8.70. The number of likely N-dealkylation sites (N-methyl/N-ethyl adjacent to an activating group) is 1. The molecule has 0 aliphatic carbocycles. The van der Waals surface area contributed by atoms with E-state index in [-0.39, 0.29) is 24.1 Å². The van der Waals surface area contributed by atoms with Gasteiger partial charge in [0.15, 0.2) is 5.69 Å². The summed E-state index contributed by atoms with van der Waals surface area (Å²) in [7, 11) is 0. The van der Waals surface area contributed by atoms with Crippen LogP contribution in [0.15, 0.2) is 36.5 Å². The second-order valence-corrected chi connectivity index (χ2v) is 8.33. The molecule has 35 heavy (non-hydrogen) atoms. The van der Waals surface area contributed by atoms with Gasteiger partial charge in [0.1, 0.15) is 0 Å². The fraction of sp³-hybridized carbons (Fsp3) is 0.500. The molecule has 0 spiro atoms. The second kappa shape index (κ2) is 14.5. The van der Waals surface area contributed by atoms with Crippen LogP contribution in [0.2, 0.25) is 0 Å². The maximum atomic E-state index is 12.9. The molecule has 2 amide bonds. The number of nitrogens with zero attached hydrogens (tertiary/aromatic N) is 2. The molecule has 0 unspecified atom stereocenters. The van der Waals surface area contributed by atoms with Crippen molar-refractivity contribution in [1.29, 1.82) is 0 Å². The van der Waals surface area contributed by atoms with Gasteiger partial charge in [0.25, 0.3) is 5.91 Å². The number of benzene rings is 1. The molecule has 1 aliphatic rings. The highest BCUT2D eigenvalue weighted by Gasteiger charge is 2.19. The van der Waals surface area contributed by atoms with Crippen molar-refractivity contribution in [2.75, 3.05) is 71.0 Å². The highest BCUT2D eigenvalue weighted by Crippen LogP contribution is 2.25. The molecule has 1 fully saturated rings. The molecule has 3 N–H and O–H groups in total. The predicted molar refractivity (Wildman–Crippen MR) is 137 cm³/mol. The lowest BCUT2D eigenvalue weighted by Crippen LogP contribution is -2.41. The Kier molecular flexibility index (Phi) is 11.1. The van der Waals surface area contributed by atoms with Crippen molar-refractivity contribution in [3.8, 4) is 11.1 Å². The van der Waals surface area contributed by atoms with E-state index in [0.717, 1.165) is 30.6 Å². The standard InChI is InChI=1S/C26H37N5O4/c1-3-20-6-5-7-21(16-20)22-17-23(30-24(32)19-31-10-14-35-15-11-31)25(29-18-22)26(33)28-9-13-34-12-8-27-4-2/h5-7,16-18,27H,3-4,8-15,19H2,1-2H3,(H,28,33)(H,30,32). The minimum atomic E-state index is -0.351. The summed E-state index contributed by atoms with van der Waals surface area (Å²) in [6.45, 7) is 10.0. The van der Waals surface area contributed by atoms with Crippen molar-refractivity contribution < 1.29 is 19.1 Å². The van der Waals surface area contributed by atoms with Gasteiger partial charge < -0.3 is 25.4 Å². The number of carbonyl (C=O) groups excluding carboxylic acids is 2. The molecular formula is C26H37N5O4. The summed E-state index contributed by atoms with van der Waals surface area (Å²) in [5, 5.41) is 8.94. The zero-order valence-electron chi connectivity index (χ0n) is 20.8. The van der Waals surface area contributed by atoms with Gasteiger partial charge in [-0.25, -0.2) is 4.98 Å². The first-order valence-electron chi connectivity index (χ1n) is 12.4. The van der Waals surface area contributed by atoms with E-state index < -0.39 is 0 Å². The number of amides is 2. The van der Waals surface area contributed by atoms with Gasteiger partial charge in [-0.2, -0.15) is 0 Å². The molecule has 0 bridgehead atoms. The predicted octanol–water partition coefficient (Wildman–Crippen LogP) is 1.94. The number of hydrogen-bond donors (Lipinski definition) is 3. The Bertz CT molecular complexity index is 963. The fourth-order valence-electron chi connectivity index (χ4n) is 3.77. The monoisotopic (exact) mass is 483 g/mol. The first kappa shape index (κ1) is 26.7. The van der Waals surface area contributed by atoms with E-state index in [1.165, 1.54) is 5.56 Å². The minimum absolute atomic E-state index is 0.184. The number of anilines is 1. The maximum absolute atomic E-state index is 12.9. The van der Waals surface area contributed by atoms with Crippen LogP contribution in [-0.2, 0) is 20.7 Å². The van der Waals surface area contributed by atoms with Crippen molar-refractivity contribution in [3.05, 3.63) is 47.8 Å². The molecular weight excluding hydrogens is 446 g/mol. The van der Waals surface area contributed by atoms with Crippen LogP contribution in [0.1, 0.15) is 29.9 Å². The van der Waals surface area contributed by atoms with Crippen LogP contribution < -0.4 is 16.0 Å². The number of morpholine rings is 1. The van der Waals surface area contributed by atoms with Gasteiger partial charge in [-0.1, -0.05) is 38.1 Å². The largest absolute Gasteiger partial charge is 0.379 e. The number of ether oxygens (including phenoxy) is 2. The van der Waals surface area contributed by atoms with Gasteiger partial charge in [0.2, 0.25) is 5.91 Å². The number of nitrogens with one attached hydrogen (secondary N) is 3. The Labute approximate surface area is 207 Å². The molecule has 3 rings (SSSR count). The number of aromatic nitrogens is 1. The van der Waals surface area contributed by atoms with Crippen LogP contribution in [0.3, 0.4) is 0 Å². The molecule has 190 valence electrons. The summed E-state index contributed by atoms with van der Waals surface area (Å²) in [4.78, 5) is 32.2. The van der Waals surface area contributed by atoms with Crippen LogP contribution in [0.5, 0.6) is 0 Å². The lowest BCUT2D eigenvalue weighted by atomic mass is 10.0. The van der Waals surface area contributed by atoms with Crippen molar-refractivity contribution in [2.45, 2.75) is 20.3 Å². The molecule has 1 aliphatic heterocycles. The number of pyridine rings is 1. The molecule has 1 aromatic heterocycles. The van der Waals surface area contributed by atoms with Gasteiger partial charge in [-0.05, 0) is 30.2 Å². The molecule has 9 heteroatoms. The molecule has 2 heterocycles. The normalized spacial score (nSPS) is 14.0. The lowest BCUT2D eigenvalue weighted by molar-refractivity contribution is -0.118. The number of hydrogen-bond acceptors (Lipinski definition) is 7. The molecule has 1 saturated heterocycles. The summed E-state index contributed by atoms with van der Waals surface area (Å²) >= 11 is 0. The van der Waals surface area contributed by atoms with Crippen molar-refractivity contribution in [3.63, 3.8) is 0 Å². The second-order valence-electron chi connectivity index (χ2n) is 8.33. The van der Waals surface area contributed by atoms with E-state index in [0.29, 0.717) is 51.7 Å². The van der Waals surface area contributed by atoms with Crippen molar-refractivity contribution >= 4 is 17.5 Å². The van der Waals surface area contributed by atoms with E-state index >= 15 is 0 Å². The average molecular weight is 484 g/mol. The van der Waals surface area contributed by atoms with Gasteiger partial charge in [0, 0.05) is 37.9 Å². The third-order valence-corrected chi connectivity index (χ3v) is 5.72. The van der Waals surface area contributed by atoms with Gasteiger partial charge in [0.05, 0.1) is 38.7 Å². The topological polar surface area (TPSA) is 105 Å². The van der Waals surface area contributed by atoms with E-state index in [1.807, 2.05) is 30.0 Å². The maximum Gasteiger partial charge on any atom is 0.272 e. The van der Waals surface area contributed by atoms with Crippen molar-refractivity contribution in [2.24, 2.45) is 0 Å². The fourth-order valence-corrected chi connectivity index (χ4v) is 3.77. The molecule has 0 atom stereocenters. The summed E-state index contributed by atoms with van der Waals surface area (Å²) < 4.78 is 10.9. The van der Waals surface area contributed by atoms with Crippen LogP contribution in [0.25, 0.3) is 11.1 Å². The smallest absolute Gasteiger partial charge is 0.272 e. The van der Waals surface area contributed by atoms with Crippen LogP contribution in [-0.4, -0.2) is 87.4 Å². The zero-order valence-corrected chi connectivity index (χ0v) is 20.8. The van der Waals surface area contributed by atoms with E-state index in [4.69, 9.17) is 9.47 Å². The van der Waals surface area contributed by atoms with E-state index in [2.05, 4.69) is 40.0 Å². The SMILES string of the molecule is CCNCCOCCNC(=O)c1ncc(-c2cccc(CC)c2)cc1NC(=O)CN1CCOCC1. The molecule has 0 radical (unpaired) electrons. The van der Waals surface area contributed by atoms with Crippen LogP contribution >= 0.6 is 0 Å². The number of carbonyl (C=O) groups is 2. The summed E-state index contributed by atoms with van der Waals surface area (Å²) in [5.74, 6) is -0.537. The highest BCUT2D eigenvalue weighted by molar-refractivity contribution is 6.03. The van der Waals surface area contributed by atoms with Crippen LogP contribution in [0, 0.1) is 0 Å². The van der Waals surface area contributed by atoms with E-state index in [9.17, 15) is 9.59 Å². The molecule has 9 nitrogen and oxygen atoms in total. The first-order chi connectivity index (χ1) is 17.1. The lowest BCUT2D eigenvalue weighted by Gasteiger charge is -2.26. The quantitative estimate of drug-likeness (QED) is 0.374. The number of aryl methyl sites for hydroxylation is 1. The minimum Gasteiger partial charge on any atom is -0.379 e. The molecule has 2 aromatic rings. The summed E-state index contributed by atoms with van der Waals surface area (Å²) in [6, 6.07) is 9.99. The van der Waals surface area contributed by atoms with Gasteiger partial charge in [-0.15, -0.1) is 0 Å². The van der Waals surface area contributed by atoms with Gasteiger partial charge in [-0.3, -0.25) is 14.5 Å². The molecule has 0 saturated carbocycles. The molecule has 1 aromatic carbocycles. The third-order valence-electron chi connectivity index (χ3n) is 5.72. The van der Waals surface area contributed by atoms with Crippen LogP contribution in [0.4, 0.5) is 5.69 Å². The summed E-state index contributed by atoms with van der Waals surface area (Å²) in [6.07, 6.45) is 2.59. The van der Waals surface area contributed by atoms with E-state index in [1.54, 1.807) is 6.20 Å². The first-order valence-corrected chi connectivity index (χ1v) is 12.4. The Morgan fingerprint density at radius 1 is 1.09 bits per heavy atom. The zero-order chi connectivity index (χ0) is 24.9. The Morgan fingerprint density at radius 3 is 2.66 bits per heavy atom. The number of rotatable bonds is 13. The Balaban J connectivity index is 1.71. The van der Waals surface area contributed by atoms with Gasteiger partial charge >= 0.3 is 0 Å². The highest BCUT2D eigenvalue weighted by atomic mass is 16.5. The summed E-state index contributed by atoms with van der Waals surface area (Å²) in [5.41, 5.74) is 3.61. The van der Waals surface area contributed by atoms with Crippen molar-refractivity contribution in [1.82, 2.24) is 20.5 Å².